The Morgan fingerprint density at radius 3 is 2.54 bits per heavy atom. The van der Waals surface area contributed by atoms with Crippen LogP contribution in [-0.4, -0.2) is 17.3 Å². The van der Waals surface area contributed by atoms with E-state index in [-0.39, 0.29) is 0 Å². The highest BCUT2D eigenvalue weighted by Crippen LogP contribution is 2.38. The summed E-state index contributed by atoms with van der Waals surface area (Å²) >= 11 is 0. The number of hydrogen-bond donors (Lipinski definition) is 2. The molecule has 0 saturated heterocycles. The van der Waals surface area contributed by atoms with Crippen molar-refractivity contribution in [3.63, 3.8) is 0 Å². The Hall–Kier alpha value is -0.0800. The van der Waals surface area contributed by atoms with Crippen LogP contribution in [0.3, 0.4) is 0 Å². The van der Waals surface area contributed by atoms with Crippen LogP contribution in [0, 0.1) is 11.8 Å². The van der Waals surface area contributed by atoms with E-state index in [1.165, 1.54) is 25.7 Å². The molecule has 0 amide bonds. The van der Waals surface area contributed by atoms with Crippen LogP contribution in [0.5, 0.6) is 0 Å². The molecule has 78 valence electrons. The fourth-order valence-corrected chi connectivity index (χ4v) is 2.67. The molecule has 0 heterocycles. The highest BCUT2D eigenvalue weighted by molar-refractivity contribution is 4.89. The quantitative estimate of drug-likeness (QED) is 0.705. The molecule has 0 aliphatic heterocycles. The maximum Gasteiger partial charge on any atom is 0.0772 e. The van der Waals surface area contributed by atoms with Gasteiger partial charge in [0.05, 0.1) is 5.60 Å². The molecule has 13 heavy (non-hydrogen) atoms. The Labute approximate surface area is 81.5 Å². The van der Waals surface area contributed by atoms with Crippen molar-refractivity contribution in [3.8, 4) is 0 Å². The molecule has 1 fully saturated rings. The van der Waals surface area contributed by atoms with Gasteiger partial charge in [-0.3, -0.25) is 0 Å². The van der Waals surface area contributed by atoms with E-state index in [0.29, 0.717) is 18.4 Å². The Balaban J connectivity index is 2.63. The van der Waals surface area contributed by atoms with E-state index in [4.69, 9.17) is 5.73 Å². The number of hydrogen-bond acceptors (Lipinski definition) is 2. The monoisotopic (exact) mass is 185 g/mol. The lowest BCUT2D eigenvalue weighted by Crippen LogP contribution is -2.46. The lowest BCUT2D eigenvalue weighted by Gasteiger charge is -2.40. The average molecular weight is 185 g/mol. The second-order valence-corrected chi connectivity index (χ2v) is 4.62. The molecule has 0 radical (unpaired) electrons. The van der Waals surface area contributed by atoms with E-state index in [1.54, 1.807) is 0 Å². The average Bonchev–Trinajstić information content (AvgIpc) is 2.18. The molecule has 1 aliphatic rings. The van der Waals surface area contributed by atoms with Crippen molar-refractivity contribution in [3.05, 3.63) is 0 Å². The van der Waals surface area contributed by atoms with Crippen molar-refractivity contribution in [2.45, 2.75) is 51.6 Å². The molecule has 1 saturated carbocycles. The second-order valence-electron chi connectivity index (χ2n) is 4.62. The van der Waals surface area contributed by atoms with Gasteiger partial charge in [0.2, 0.25) is 0 Å². The van der Waals surface area contributed by atoms with Crippen molar-refractivity contribution in [1.82, 2.24) is 0 Å². The Kier molecular flexibility index (Phi) is 3.74. The zero-order chi connectivity index (χ0) is 9.90. The molecule has 0 aromatic rings. The van der Waals surface area contributed by atoms with Crippen molar-refractivity contribution < 1.29 is 5.11 Å². The molecule has 0 aromatic carbocycles. The number of nitrogens with two attached hydrogens (primary N) is 1. The molecule has 2 nitrogen and oxygen atoms in total. The molecule has 0 aromatic heterocycles. The SMILES string of the molecule is CCC1CCCCC1C(C)(O)CN. The first-order chi connectivity index (χ1) is 6.11. The molecule has 3 atom stereocenters. The maximum atomic E-state index is 10.1. The summed E-state index contributed by atoms with van der Waals surface area (Å²) < 4.78 is 0. The standard InChI is InChI=1S/C11H23NO/c1-3-9-6-4-5-7-10(9)11(2,13)8-12/h9-10,13H,3-8,12H2,1-2H3. The van der Waals surface area contributed by atoms with Gasteiger partial charge in [-0.25, -0.2) is 0 Å². The topological polar surface area (TPSA) is 46.2 Å². The molecule has 3 unspecified atom stereocenters. The normalized spacial score (nSPS) is 34.2. The zero-order valence-electron chi connectivity index (χ0n) is 8.92. The van der Waals surface area contributed by atoms with Crippen molar-refractivity contribution >= 4 is 0 Å². The summed E-state index contributed by atoms with van der Waals surface area (Å²) in [4.78, 5) is 0. The fraction of sp³-hybridized carbons (Fsp3) is 1.00. The van der Waals surface area contributed by atoms with Crippen LogP contribution in [0.2, 0.25) is 0 Å². The lowest BCUT2D eigenvalue weighted by molar-refractivity contribution is -0.0359. The van der Waals surface area contributed by atoms with Gasteiger partial charge in [-0.15, -0.1) is 0 Å². The number of aliphatic hydroxyl groups is 1. The predicted octanol–water partition coefficient (Wildman–Crippen LogP) is 1.91. The third-order valence-electron chi connectivity index (χ3n) is 3.65. The van der Waals surface area contributed by atoms with Gasteiger partial charge in [0, 0.05) is 6.54 Å². The van der Waals surface area contributed by atoms with Crippen molar-refractivity contribution in [2.24, 2.45) is 17.6 Å². The van der Waals surface area contributed by atoms with E-state index in [0.717, 1.165) is 6.42 Å². The third kappa shape index (κ3) is 2.44. The largest absolute Gasteiger partial charge is 0.389 e. The summed E-state index contributed by atoms with van der Waals surface area (Å²) in [6.07, 6.45) is 6.20. The molecular formula is C11H23NO. The van der Waals surface area contributed by atoms with Crippen LogP contribution < -0.4 is 5.73 Å². The predicted molar refractivity (Wildman–Crippen MR) is 55.4 cm³/mol. The van der Waals surface area contributed by atoms with Gasteiger partial charge in [-0.1, -0.05) is 32.6 Å². The van der Waals surface area contributed by atoms with Gasteiger partial charge in [0.1, 0.15) is 0 Å². The molecule has 1 aliphatic carbocycles. The van der Waals surface area contributed by atoms with Gasteiger partial charge in [0.15, 0.2) is 0 Å². The minimum absolute atomic E-state index is 0.397. The van der Waals surface area contributed by atoms with E-state index in [9.17, 15) is 5.11 Å². The van der Waals surface area contributed by atoms with Gasteiger partial charge < -0.3 is 10.8 Å². The van der Waals surface area contributed by atoms with Crippen LogP contribution in [0.25, 0.3) is 0 Å². The second kappa shape index (κ2) is 4.43. The molecule has 2 heteroatoms. The van der Waals surface area contributed by atoms with Gasteiger partial charge in [-0.05, 0) is 25.2 Å². The molecule has 0 bridgehead atoms. The van der Waals surface area contributed by atoms with Crippen LogP contribution >= 0.6 is 0 Å². The molecule has 3 N–H and O–H groups in total. The Morgan fingerprint density at radius 2 is 2.00 bits per heavy atom. The van der Waals surface area contributed by atoms with Crippen molar-refractivity contribution in [1.29, 1.82) is 0 Å². The summed E-state index contributed by atoms with van der Waals surface area (Å²) in [7, 11) is 0. The van der Waals surface area contributed by atoms with Crippen molar-refractivity contribution in [2.75, 3.05) is 6.54 Å². The Morgan fingerprint density at radius 1 is 1.38 bits per heavy atom. The van der Waals surface area contributed by atoms with Gasteiger partial charge in [-0.2, -0.15) is 0 Å². The summed E-state index contributed by atoms with van der Waals surface area (Å²) in [6, 6.07) is 0. The summed E-state index contributed by atoms with van der Waals surface area (Å²) in [6.45, 7) is 4.51. The summed E-state index contributed by atoms with van der Waals surface area (Å²) in [5, 5.41) is 10.1. The minimum Gasteiger partial charge on any atom is -0.389 e. The lowest BCUT2D eigenvalue weighted by atomic mass is 9.70. The maximum absolute atomic E-state index is 10.1. The highest BCUT2D eigenvalue weighted by atomic mass is 16.3. The molecule has 0 spiro atoms. The first-order valence-electron chi connectivity index (χ1n) is 5.54. The minimum atomic E-state index is -0.638. The van der Waals surface area contributed by atoms with E-state index in [2.05, 4.69) is 6.92 Å². The third-order valence-corrected chi connectivity index (χ3v) is 3.65. The smallest absolute Gasteiger partial charge is 0.0772 e. The van der Waals surface area contributed by atoms with Crippen LogP contribution in [0.15, 0.2) is 0 Å². The first kappa shape index (κ1) is 11.0. The van der Waals surface area contributed by atoms with Gasteiger partial charge >= 0.3 is 0 Å². The summed E-state index contributed by atoms with van der Waals surface area (Å²) in [5.41, 5.74) is 4.97. The number of rotatable bonds is 3. The van der Waals surface area contributed by atoms with Crippen LogP contribution in [-0.2, 0) is 0 Å². The molecule has 1 rings (SSSR count). The summed E-state index contributed by atoms with van der Waals surface area (Å²) in [5.74, 6) is 1.11. The van der Waals surface area contributed by atoms with E-state index in [1.807, 2.05) is 6.92 Å². The Bertz CT molecular complexity index is 156. The fourth-order valence-electron chi connectivity index (χ4n) is 2.67. The first-order valence-corrected chi connectivity index (χ1v) is 5.54. The van der Waals surface area contributed by atoms with E-state index >= 15 is 0 Å². The van der Waals surface area contributed by atoms with Crippen LogP contribution in [0.1, 0.15) is 46.0 Å². The zero-order valence-corrected chi connectivity index (χ0v) is 8.92. The highest BCUT2D eigenvalue weighted by Gasteiger charge is 2.36. The molecular weight excluding hydrogens is 162 g/mol. The van der Waals surface area contributed by atoms with Gasteiger partial charge in [0.25, 0.3) is 0 Å². The van der Waals surface area contributed by atoms with E-state index < -0.39 is 5.60 Å². The van der Waals surface area contributed by atoms with Crippen LogP contribution in [0.4, 0.5) is 0 Å².